The van der Waals surface area contributed by atoms with Gasteiger partial charge < -0.3 is 9.47 Å². The number of rotatable bonds is 6. The van der Waals surface area contributed by atoms with Gasteiger partial charge in [-0.05, 0) is 55.7 Å². The van der Waals surface area contributed by atoms with Crippen LogP contribution in [-0.4, -0.2) is 12.1 Å². The Hall–Kier alpha value is -2.29. The second-order valence-electron chi connectivity index (χ2n) is 5.48. The van der Waals surface area contributed by atoms with E-state index in [0.717, 1.165) is 23.3 Å². The first-order chi connectivity index (χ1) is 10.0. The first kappa shape index (κ1) is 15.1. The summed E-state index contributed by atoms with van der Waals surface area (Å²) in [6, 6.07) is 15.4. The van der Waals surface area contributed by atoms with Gasteiger partial charge in [0.25, 0.3) is 6.47 Å². The summed E-state index contributed by atoms with van der Waals surface area (Å²) in [4.78, 5) is 10.3. The highest BCUT2D eigenvalue weighted by atomic mass is 16.5. The van der Waals surface area contributed by atoms with Crippen molar-refractivity contribution in [2.24, 2.45) is 0 Å². The Morgan fingerprint density at radius 1 is 0.905 bits per heavy atom. The van der Waals surface area contributed by atoms with E-state index in [-0.39, 0.29) is 5.60 Å². The van der Waals surface area contributed by atoms with Gasteiger partial charge in [-0.3, -0.25) is 4.79 Å². The summed E-state index contributed by atoms with van der Waals surface area (Å²) in [6.07, 6.45) is 0.951. The predicted molar refractivity (Wildman–Crippen MR) is 83.6 cm³/mol. The summed E-state index contributed by atoms with van der Waals surface area (Å²) < 4.78 is 10.7. The van der Waals surface area contributed by atoms with Crippen LogP contribution in [0.25, 0.3) is 11.1 Å². The number of hydrogen-bond donors (Lipinski definition) is 0. The van der Waals surface area contributed by atoms with Gasteiger partial charge in [-0.25, -0.2) is 0 Å². The lowest BCUT2D eigenvalue weighted by Crippen LogP contribution is -2.26. The van der Waals surface area contributed by atoms with Crippen LogP contribution in [0, 0.1) is 0 Å². The van der Waals surface area contributed by atoms with E-state index in [1.165, 1.54) is 0 Å². The Morgan fingerprint density at radius 2 is 1.38 bits per heavy atom. The quantitative estimate of drug-likeness (QED) is 0.735. The van der Waals surface area contributed by atoms with E-state index in [0.29, 0.717) is 12.2 Å². The molecule has 0 aromatic heterocycles. The molecule has 3 nitrogen and oxygen atoms in total. The Kier molecular flexibility index (Phi) is 4.63. The van der Waals surface area contributed by atoms with Gasteiger partial charge in [0, 0.05) is 0 Å². The molecule has 0 N–H and O–H groups in total. The van der Waals surface area contributed by atoms with Crippen LogP contribution in [0.2, 0.25) is 0 Å². The zero-order valence-electron chi connectivity index (χ0n) is 12.6. The molecule has 0 fully saturated rings. The topological polar surface area (TPSA) is 35.5 Å². The van der Waals surface area contributed by atoms with E-state index in [9.17, 15) is 4.79 Å². The lowest BCUT2D eigenvalue weighted by molar-refractivity contribution is -0.120. The standard InChI is InChI=1S/C18H20O3/c1-4-18(2,3)21-17-11-7-15(8-12-17)14-5-9-16(10-6-14)20-13-19/h5-13H,4H2,1-3H3. The normalized spacial score (nSPS) is 11.0. The Bertz CT molecular complexity index is 583. The fourth-order valence-corrected chi connectivity index (χ4v) is 1.89. The highest BCUT2D eigenvalue weighted by Gasteiger charge is 2.16. The van der Waals surface area contributed by atoms with Gasteiger partial charge in [0.1, 0.15) is 17.1 Å². The van der Waals surface area contributed by atoms with E-state index in [1.807, 2.05) is 36.4 Å². The summed E-state index contributed by atoms with van der Waals surface area (Å²) in [5.41, 5.74) is 2.00. The molecule has 0 atom stereocenters. The third kappa shape index (κ3) is 4.09. The van der Waals surface area contributed by atoms with Gasteiger partial charge in [0.15, 0.2) is 0 Å². The SMILES string of the molecule is CCC(C)(C)Oc1ccc(-c2ccc(OC=O)cc2)cc1. The molecule has 0 heterocycles. The highest BCUT2D eigenvalue weighted by molar-refractivity contribution is 5.65. The van der Waals surface area contributed by atoms with Crippen molar-refractivity contribution >= 4 is 6.47 Å². The average molecular weight is 284 g/mol. The van der Waals surface area contributed by atoms with Crippen molar-refractivity contribution in [2.75, 3.05) is 0 Å². The lowest BCUT2D eigenvalue weighted by atomic mass is 10.0. The largest absolute Gasteiger partial charge is 0.488 e. The van der Waals surface area contributed by atoms with E-state index < -0.39 is 0 Å². The second kappa shape index (κ2) is 6.44. The van der Waals surface area contributed by atoms with Gasteiger partial charge >= 0.3 is 0 Å². The molecule has 2 aromatic rings. The van der Waals surface area contributed by atoms with Gasteiger partial charge in [0.2, 0.25) is 0 Å². The summed E-state index contributed by atoms with van der Waals surface area (Å²) >= 11 is 0. The van der Waals surface area contributed by atoms with Crippen LogP contribution >= 0.6 is 0 Å². The summed E-state index contributed by atoms with van der Waals surface area (Å²) in [6.45, 7) is 6.69. The molecule has 0 aliphatic rings. The molecule has 2 rings (SSSR count). The van der Waals surface area contributed by atoms with Crippen LogP contribution in [-0.2, 0) is 4.79 Å². The molecule has 2 aromatic carbocycles. The van der Waals surface area contributed by atoms with Crippen LogP contribution in [0.3, 0.4) is 0 Å². The minimum atomic E-state index is -0.157. The van der Waals surface area contributed by atoms with Crippen molar-refractivity contribution in [2.45, 2.75) is 32.8 Å². The minimum absolute atomic E-state index is 0.157. The third-order valence-corrected chi connectivity index (χ3v) is 3.47. The lowest BCUT2D eigenvalue weighted by Gasteiger charge is -2.24. The average Bonchev–Trinajstić information content (AvgIpc) is 2.49. The zero-order chi connectivity index (χ0) is 15.3. The van der Waals surface area contributed by atoms with Crippen molar-refractivity contribution in [1.82, 2.24) is 0 Å². The second-order valence-corrected chi connectivity index (χ2v) is 5.48. The van der Waals surface area contributed by atoms with Crippen molar-refractivity contribution in [1.29, 1.82) is 0 Å². The molecular weight excluding hydrogens is 264 g/mol. The van der Waals surface area contributed by atoms with Crippen LogP contribution in [0.5, 0.6) is 11.5 Å². The van der Waals surface area contributed by atoms with Crippen LogP contribution in [0.4, 0.5) is 0 Å². The number of benzene rings is 2. The first-order valence-corrected chi connectivity index (χ1v) is 7.04. The Balaban J connectivity index is 2.13. The molecular formula is C18H20O3. The van der Waals surface area contributed by atoms with E-state index in [1.54, 1.807) is 12.1 Å². The molecule has 0 saturated heterocycles. The number of carbonyl (C=O) groups excluding carboxylic acids is 1. The molecule has 0 saturated carbocycles. The molecule has 0 unspecified atom stereocenters. The van der Waals surface area contributed by atoms with Gasteiger partial charge in [-0.15, -0.1) is 0 Å². The van der Waals surface area contributed by atoms with Crippen LogP contribution in [0.1, 0.15) is 27.2 Å². The number of carbonyl (C=O) groups is 1. The maximum absolute atomic E-state index is 10.3. The molecule has 0 bridgehead atoms. The highest BCUT2D eigenvalue weighted by Crippen LogP contribution is 2.26. The van der Waals surface area contributed by atoms with Crippen LogP contribution < -0.4 is 9.47 Å². The van der Waals surface area contributed by atoms with Crippen LogP contribution in [0.15, 0.2) is 48.5 Å². The fourth-order valence-electron chi connectivity index (χ4n) is 1.89. The zero-order valence-corrected chi connectivity index (χ0v) is 12.6. The van der Waals surface area contributed by atoms with E-state index in [2.05, 4.69) is 20.8 Å². The monoisotopic (exact) mass is 284 g/mol. The van der Waals surface area contributed by atoms with Crippen molar-refractivity contribution < 1.29 is 14.3 Å². The Labute approximate surface area is 125 Å². The first-order valence-electron chi connectivity index (χ1n) is 7.04. The summed E-state index contributed by atoms with van der Waals surface area (Å²) in [5.74, 6) is 1.41. The molecule has 0 amide bonds. The van der Waals surface area contributed by atoms with Crippen molar-refractivity contribution in [3.8, 4) is 22.6 Å². The third-order valence-electron chi connectivity index (χ3n) is 3.47. The van der Waals surface area contributed by atoms with Gasteiger partial charge in [-0.1, -0.05) is 31.2 Å². The molecule has 0 radical (unpaired) electrons. The number of ether oxygens (including phenoxy) is 2. The molecule has 0 aliphatic carbocycles. The maximum atomic E-state index is 10.3. The van der Waals surface area contributed by atoms with Gasteiger partial charge in [-0.2, -0.15) is 0 Å². The molecule has 3 heteroatoms. The maximum Gasteiger partial charge on any atom is 0.298 e. The smallest absolute Gasteiger partial charge is 0.298 e. The molecule has 110 valence electrons. The fraction of sp³-hybridized carbons (Fsp3) is 0.278. The summed E-state index contributed by atoms with van der Waals surface area (Å²) in [5, 5.41) is 0. The molecule has 0 spiro atoms. The van der Waals surface area contributed by atoms with Crippen molar-refractivity contribution in [3.63, 3.8) is 0 Å². The van der Waals surface area contributed by atoms with Gasteiger partial charge in [0.05, 0.1) is 0 Å². The predicted octanol–water partition coefficient (Wildman–Crippen LogP) is 4.46. The van der Waals surface area contributed by atoms with Crippen molar-refractivity contribution in [3.05, 3.63) is 48.5 Å². The molecule has 0 aliphatic heterocycles. The van der Waals surface area contributed by atoms with E-state index >= 15 is 0 Å². The van der Waals surface area contributed by atoms with E-state index in [4.69, 9.17) is 9.47 Å². The molecule has 21 heavy (non-hydrogen) atoms. The number of hydrogen-bond acceptors (Lipinski definition) is 3. The summed E-state index contributed by atoms with van der Waals surface area (Å²) in [7, 11) is 0. The Morgan fingerprint density at radius 3 is 1.81 bits per heavy atom. The minimum Gasteiger partial charge on any atom is -0.488 e.